The first kappa shape index (κ1) is 10.9. The molecule has 6 nitrogen and oxygen atoms in total. The predicted octanol–water partition coefficient (Wildman–Crippen LogP) is 0.161. The lowest BCUT2D eigenvalue weighted by atomic mass is 10.2. The maximum absolute atomic E-state index is 12.1. The molecule has 0 aliphatic carbocycles. The highest BCUT2D eigenvalue weighted by Gasteiger charge is 2.29. The van der Waals surface area contributed by atoms with E-state index in [1.54, 1.807) is 18.9 Å². The van der Waals surface area contributed by atoms with E-state index in [-0.39, 0.29) is 17.8 Å². The lowest BCUT2D eigenvalue weighted by Gasteiger charge is -2.15. The maximum atomic E-state index is 12.1. The summed E-state index contributed by atoms with van der Waals surface area (Å²) in [7, 11) is 1.66. The zero-order valence-electron chi connectivity index (χ0n) is 9.49. The molecular formula is C10H16N4O2. The highest BCUT2D eigenvalue weighted by molar-refractivity contribution is 5.99. The summed E-state index contributed by atoms with van der Waals surface area (Å²) in [5, 5.41) is 6.53. The molecule has 0 spiro atoms. The van der Waals surface area contributed by atoms with Gasteiger partial charge in [0.25, 0.3) is 5.91 Å². The van der Waals surface area contributed by atoms with Gasteiger partial charge in [-0.3, -0.25) is 9.89 Å². The van der Waals surface area contributed by atoms with Crippen LogP contribution in [0.25, 0.3) is 0 Å². The number of aromatic nitrogens is 2. The Morgan fingerprint density at radius 2 is 2.44 bits per heavy atom. The monoisotopic (exact) mass is 224 g/mol. The second kappa shape index (κ2) is 4.13. The topological polar surface area (TPSA) is 84.2 Å². The number of carbonyl (C=O) groups excluding carboxylic acids is 1. The zero-order valence-corrected chi connectivity index (χ0v) is 9.49. The summed E-state index contributed by atoms with van der Waals surface area (Å²) in [5.41, 5.74) is 6.85. The second-order valence-electron chi connectivity index (χ2n) is 4.01. The fourth-order valence-corrected chi connectivity index (χ4v) is 1.98. The van der Waals surface area contributed by atoms with Gasteiger partial charge in [0.2, 0.25) is 0 Å². The largest absolute Gasteiger partial charge is 0.382 e. The van der Waals surface area contributed by atoms with Crippen molar-refractivity contribution in [1.82, 2.24) is 15.1 Å². The van der Waals surface area contributed by atoms with E-state index >= 15 is 0 Å². The standard InChI is InChI=1S/C10H16N4O2/c1-6-8(9(11)13-12-6)10(15)14-4-3-7(5-14)16-2/h7H,3-5H2,1-2H3,(H3,11,12,13). The molecule has 1 unspecified atom stereocenters. The predicted molar refractivity (Wildman–Crippen MR) is 59.1 cm³/mol. The van der Waals surface area contributed by atoms with Crippen LogP contribution in [0.15, 0.2) is 0 Å². The van der Waals surface area contributed by atoms with E-state index in [0.29, 0.717) is 24.3 Å². The van der Waals surface area contributed by atoms with Crippen LogP contribution in [0.4, 0.5) is 5.82 Å². The Kier molecular flexibility index (Phi) is 2.82. The van der Waals surface area contributed by atoms with Crippen molar-refractivity contribution >= 4 is 11.7 Å². The van der Waals surface area contributed by atoms with Gasteiger partial charge in [-0.25, -0.2) is 0 Å². The fourth-order valence-electron chi connectivity index (χ4n) is 1.98. The third-order valence-electron chi connectivity index (χ3n) is 2.95. The number of carbonyl (C=O) groups is 1. The highest BCUT2D eigenvalue weighted by Crippen LogP contribution is 2.19. The van der Waals surface area contributed by atoms with Crippen LogP contribution >= 0.6 is 0 Å². The number of likely N-dealkylation sites (tertiary alicyclic amines) is 1. The minimum atomic E-state index is -0.0664. The number of nitrogen functional groups attached to an aromatic ring is 1. The molecular weight excluding hydrogens is 208 g/mol. The van der Waals surface area contributed by atoms with Crippen molar-refractivity contribution in [3.63, 3.8) is 0 Å². The van der Waals surface area contributed by atoms with Crippen molar-refractivity contribution in [3.05, 3.63) is 11.3 Å². The number of H-pyrrole nitrogens is 1. The van der Waals surface area contributed by atoms with Crippen molar-refractivity contribution in [2.45, 2.75) is 19.4 Å². The minimum absolute atomic E-state index is 0.0664. The van der Waals surface area contributed by atoms with Crippen LogP contribution in [0.1, 0.15) is 22.5 Å². The number of methoxy groups -OCH3 is 1. The van der Waals surface area contributed by atoms with Crippen LogP contribution in [0, 0.1) is 6.92 Å². The number of nitrogens with two attached hydrogens (primary N) is 1. The molecule has 6 heteroatoms. The fraction of sp³-hybridized carbons (Fsp3) is 0.600. The van der Waals surface area contributed by atoms with Crippen molar-refractivity contribution < 1.29 is 9.53 Å². The van der Waals surface area contributed by atoms with Gasteiger partial charge in [0.15, 0.2) is 5.82 Å². The van der Waals surface area contributed by atoms with Crippen LogP contribution in [0.5, 0.6) is 0 Å². The molecule has 2 rings (SSSR count). The number of nitrogens with zero attached hydrogens (tertiary/aromatic N) is 2. The summed E-state index contributed by atoms with van der Waals surface area (Å²) in [6.45, 7) is 3.13. The molecule has 3 N–H and O–H groups in total. The van der Waals surface area contributed by atoms with Crippen LogP contribution < -0.4 is 5.73 Å². The van der Waals surface area contributed by atoms with Gasteiger partial charge in [-0.2, -0.15) is 5.10 Å². The van der Waals surface area contributed by atoms with Gasteiger partial charge in [-0.15, -0.1) is 0 Å². The Bertz CT molecular complexity index is 382. The van der Waals surface area contributed by atoms with Gasteiger partial charge in [0.05, 0.1) is 6.10 Å². The summed E-state index contributed by atoms with van der Waals surface area (Å²) < 4.78 is 5.22. The SMILES string of the molecule is COC1CCN(C(=O)c2c(N)n[nH]c2C)C1. The molecule has 1 aliphatic heterocycles. The van der Waals surface area contributed by atoms with Crippen LogP contribution in [-0.2, 0) is 4.74 Å². The van der Waals surface area contributed by atoms with E-state index < -0.39 is 0 Å². The van der Waals surface area contributed by atoms with Crippen molar-refractivity contribution in [2.24, 2.45) is 0 Å². The number of anilines is 1. The molecule has 1 saturated heterocycles. The summed E-state index contributed by atoms with van der Waals surface area (Å²) in [5.74, 6) is 0.201. The Morgan fingerprint density at radius 1 is 1.69 bits per heavy atom. The smallest absolute Gasteiger partial charge is 0.259 e. The van der Waals surface area contributed by atoms with E-state index in [9.17, 15) is 4.79 Å². The first-order chi connectivity index (χ1) is 7.63. The van der Waals surface area contributed by atoms with Crippen LogP contribution in [0.2, 0.25) is 0 Å². The quantitative estimate of drug-likeness (QED) is 0.749. The first-order valence-corrected chi connectivity index (χ1v) is 5.26. The molecule has 1 atom stereocenters. The highest BCUT2D eigenvalue weighted by atomic mass is 16.5. The second-order valence-corrected chi connectivity index (χ2v) is 4.01. The van der Waals surface area contributed by atoms with E-state index in [1.807, 2.05) is 0 Å². The Morgan fingerprint density at radius 3 is 2.94 bits per heavy atom. The normalized spacial score (nSPS) is 20.4. The summed E-state index contributed by atoms with van der Waals surface area (Å²) in [6.07, 6.45) is 1.01. The average molecular weight is 224 g/mol. The third kappa shape index (κ3) is 1.76. The van der Waals surface area contributed by atoms with Crippen LogP contribution in [-0.4, -0.2) is 47.3 Å². The van der Waals surface area contributed by atoms with Gasteiger partial charge in [-0.05, 0) is 13.3 Å². The third-order valence-corrected chi connectivity index (χ3v) is 2.95. The first-order valence-electron chi connectivity index (χ1n) is 5.26. The molecule has 2 heterocycles. The molecule has 1 aromatic heterocycles. The lowest BCUT2D eigenvalue weighted by Crippen LogP contribution is -2.30. The van der Waals surface area contributed by atoms with Gasteiger partial charge in [0.1, 0.15) is 5.56 Å². The number of rotatable bonds is 2. The molecule has 0 saturated carbocycles. The van der Waals surface area contributed by atoms with Gasteiger partial charge in [0, 0.05) is 25.9 Å². The summed E-state index contributed by atoms with van der Waals surface area (Å²) >= 11 is 0. The molecule has 0 radical (unpaired) electrons. The molecule has 0 bridgehead atoms. The summed E-state index contributed by atoms with van der Waals surface area (Å²) in [6, 6.07) is 0. The Balaban J connectivity index is 2.15. The van der Waals surface area contributed by atoms with E-state index in [0.717, 1.165) is 6.42 Å². The zero-order chi connectivity index (χ0) is 11.7. The Hall–Kier alpha value is -1.56. The van der Waals surface area contributed by atoms with Crippen molar-refractivity contribution in [2.75, 3.05) is 25.9 Å². The molecule has 16 heavy (non-hydrogen) atoms. The number of aromatic amines is 1. The van der Waals surface area contributed by atoms with E-state index in [1.165, 1.54) is 0 Å². The number of amides is 1. The number of ether oxygens (including phenoxy) is 1. The van der Waals surface area contributed by atoms with Crippen molar-refractivity contribution in [3.8, 4) is 0 Å². The van der Waals surface area contributed by atoms with Gasteiger partial charge >= 0.3 is 0 Å². The number of aryl methyl sites for hydroxylation is 1. The molecule has 1 aliphatic rings. The lowest BCUT2D eigenvalue weighted by molar-refractivity contribution is 0.0724. The van der Waals surface area contributed by atoms with E-state index in [2.05, 4.69) is 10.2 Å². The van der Waals surface area contributed by atoms with Gasteiger partial charge < -0.3 is 15.4 Å². The minimum Gasteiger partial charge on any atom is -0.382 e. The van der Waals surface area contributed by atoms with Crippen LogP contribution in [0.3, 0.4) is 0 Å². The number of hydrogen-bond donors (Lipinski definition) is 2. The molecule has 1 aromatic rings. The molecule has 0 aromatic carbocycles. The van der Waals surface area contributed by atoms with Crippen molar-refractivity contribution in [1.29, 1.82) is 0 Å². The maximum Gasteiger partial charge on any atom is 0.259 e. The number of nitrogens with one attached hydrogen (secondary N) is 1. The van der Waals surface area contributed by atoms with E-state index in [4.69, 9.17) is 10.5 Å². The summed E-state index contributed by atoms with van der Waals surface area (Å²) in [4.78, 5) is 13.9. The molecule has 1 amide bonds. The number of hydrogen-bond acceptors (Lipinski definition) is 4. The molecule has 88 valence electrons. The van der Waals surface area contributed by atoms with Gasteiger partial charge in [-0.1, -0.05) is 0 Å². The average Bonchev–Trinajstić information content (AvgIpc) is 2.85. The molecule has 1 fully saturated rings. The Labute approximate surface area is 93.8 Å².